The first-order valence-corrected chi connectivity index (χ1v) is 3.53. The van der Waals surface area contributed by atoms with E-state index in [-0.39, 0.29) is 6.42 Å². The van der Waals surface area contributed by atoms with Crippen LogP contribution < -0.4 is 0 Å². The first kappa shape index (κ1) is 10.9. The Morgan fingerprint density at radius 1 is 1.50 bits per heavy atom. The third-order valence-electron chi connectivity index (χ3n) is 0.958. The smallest absolute Gasteiger partial charge is 0.305 e. The fraction of sp³-hybridized carbons (Fsp3) is 0.714. The normalized spacial score (nSPS) is 11.9. The molecule has 5 heteroatoms. The summed E-state index contributed by atoms with van der Waals surface area (Å²) in [4.78, 5) is 20.6. The predicted octanol–water partition coefficient (Wildman–Crippen LogP) is 0.798. The van der Waals surface area contributed by atoms with E-state index >= 15 is 0 Å². The molecule has 0 aromatic carbocycles. The molecular formula is C7H11FO4. The molecule has 0 aliphatic carbocycles. The van der Waals surface area contributed by atoms with Crippen LogP contribution in [0, 0.1) is 0 Å². The average Bonchev–Trinajstić information content (AvgIpc) is 1.99. The van der Waals surface area contributed by atoms with E-state index in [9.17, 15) is 14.0 Å². The number of hydrogen-bond acceptors (Lipinski definition) is 4. The Morgan fingerprint density at radius 2 is 2.08 bits per heavy atom. The van der Waals surface area contributed by atoms with E-state index in [1.54, 1.807) is 6.92 Å². The number of esters is 2. The summed E-state index contributed by atoms with van der Waals surface area (Å²) in [6, 6.07) is 0. The van der Waals surface area contributed by atoms with E-state index in [2.05, 4.69) is 9.47 Å². The highest BCUT2D eigenvalue weighted by molar-refractivity contribution is 5.69. The van der Waals surface area contributed by atoms with Crippen LogP contribution in [-0.4, -0.2) is 24.9 Å². The van der Waals surface area contributed by atoms with Gasteiger partial charge < -0.3 is 9.47 Å². The molecule has 0 saturated heterocycles. The summed E-state index contributed by atoms with van der Waals surface area (Å²) in [6.45, 7) is 2.13. The molecule has 0 fully saturated rings. The van der Waals surface area contributed by atoms with Crippen molar-refractivity contribution in [3.8, 4) is 0 Å². The van der Waals surface area contributed by atoms with Crippen molar-refractivity contribution in [2.75, 3.05) is 6.61 Å². The van der Waals surface area contributed by atoms with Crippen molar-refractivity contribution < 1.29 is 23.5 Å². The van der Waals surface area contributed by atoms with Gasteiger partial charge in [-0.05, 0) is 0 Å². The van der Waals surface area contributed by atoms with Crippen molar-refractivity contribution in [3.05, 3.63) is 0 Å². The standard InChI is InChI=1S/C7H11FO4/c1-3-7(10)11-4-6(8)12-5(2)9/h6H,3-4H2,1-2H3. The average molecular weight is 178 g/mol. The maximum atomic E-state index is 12.4. The number of rotatable bonds is 4. The third-order valence-corrected chi connectivity index (χ3v) is 0.958. The molecule has 0 aromatic rings. The molecule has 1 atom stereocenters. The molecule has 0 radical (unpaired) electrons. The monoisotopic (exact) mass is 178 g/mol. The maximum Gasteiger partial charge on any atom is 0.305 e. The van der Waals surface area contributed by atoms with Crippen LogP contribution in [0.5, 0.6) is 0 Å². The number of hydrogen-bond donors (Lipinski definition) is 0. The van der Waals surface area contributed by atoms with E-state index in [1.807, 2.05) is 0 Å². The molecule has 0 N–H and O–H groups in total. The molecule has 0 aliphatic rings. The molecule has 0 bridgehead atoms. The molecule has 0 heterocycles. The van der Waals surface area contributed by atoms with Gasteiger partial charge >= 0.3 is 11.9 Å². The topological polar surface area (TPSA) is 52.6 Å². The molecule has 0 amide bonds. The molecule has 12 heavy (non-hydrogen) atoms. The van der Waals surface area contributed by atoms with Gasteiger partial charge in [0.2, 0.25) is 0 Å². The van der Waals surface area contributed by atoms with Crippen molar-refractivity contribution in [1.29, 1.82) is 0 Å². The summed E-state index contributed by atoms with van der Waals surface area (Å²) in [5.74, 6) is -1.26. The maximum absolute atomic E-state index is 12.4. The SMILES string of the molecule is CCC(=O)OCC(F)OC(C)=O. The molecule has 0 saturated carbocycles. The Hall–Kier alpha value is -1.13. The molecule has 0 aromatic heterocycles. The van der Waals surface area contributed by atoms with Crippen LogP contribution in [-0.2, 0) is 19.1 Å². The predicted molar refractivity (Wildman–Crippen MR) is 37.9 cm³/mol. The zero-order valence-electron chi connectivity index (χ0n) is 7.00. The number of carbonyl (C=O) groups is 2. The van der Waals surface area contributed by atoms with Crippen LogP contribution in [0.2, 0.25) is 0 Å². The van der Waals surface area contributed by atoms with Gasteiger partial charge in [-0.2, -0.15) is 4.39 Å². The quantitative estimate of drug-likeness (QED) is 0.597. The van der Waals surface area contributed by atoms with Gasteiger partial charge in [0.15, 0.2) is 6.61 Å². The summed E-state index contributed by atoms with van der Waals surface area (Å²) in [5, 5.41) is 0. The lowest BCUT2D eigenvalue weighted by Crippen LogP contribution is -2.19. The second-order valence-electron chi connectivity index (χ2n) is 2.06. The van der Waals surface area contributed by atoms with Crippen LogP contribution in [0.15, 0.2) is 0 Å². The fourth-order valence-electron chi connectivity index (χ4n) is 0.475. The van der Waals surface area contributed by atoms with Crippen molar-refractivity contribution >= 4 is 11.9 Å². The highest BCUT2D eigenvalue weighted by Crippen LogP contribution is 1.96. The van der Waals surface area contributed by atoms with Crippen LogP contribution in [0.4, 0.5) is 4.39 Å². The number of alkyl halides is 1. The minimum Gasteiger partial charge on any atom is -0.459 e. The second-order valence-corrected chi connectivity index (χ2v) is 2.06. The Morgan fingerprint density at radius 3 is 2.50 bits per heavy atom. The number of halogens is 1. The van der Waals surface area contributed by atoms with Gasteiger partial charge in [-0.25, -0.2) is 0 Å². The van der Waals surface area contributed by atoms with Crippen molar-refractivity contribution in [2.45, 2.75) is 26.6 Å². The van der Waals surface area contributed by atoms with E-state index in [0.717, 1.165) is 6.92 Å². The van der Waals surface area contributed by atoms with Crippen molar-refractivity contribution in [1.82, 2.24) is 0 Å². The third kappa shape index (κ3) is 5.64. The lowest BCUT2D eigenvalue weighted by molar-refractivity contribution is -0.167. The van der Waals surface area contributed by atoms with E-state index in [1.165, 1.54) is 0 Å². The summed E-state index contributed by atoms with van der Waals surface area (Å²) >= 11 is 0. The fourth-order valence-corrected chi connectivity index (χ4v) is 0.475. The van der Waals surface area contributed by atoms with Gasteiger partial charge in [0.25, 0.3) is 6.36 Å². The zero-order valence-corrected chi connectivity index (χ0v) is 7.00. The number of ether oxygens (including phenoxy) is 2. The van der Waals surface area contributed by atoms with E-state index < -0.39 is 24.9 Å². The summed E-state index contributed by atoms with van der Waals surface area (Å²) < 4.78 is 20.9. The van der Waals surface area contributed by atoms with Gasteiger partial charge in [0, 0.05) is 13.3 Å². The van der Waals surface area contributed by atoms with Crippen molar-refractivity contribution in [3.63, 3.8) is 0 Å². The Balaban J connectivity index is 3.50. The largest absolute Gasteiger partial charge is 0.459 e. The van der Waals surface area contributed by atoms with Crippen LogP contribution >= 0.6 is 0 Å². The highest BCUT2D eigenvalue weighted by Gasteiger charge is 2.11. The van der Waals surface area contributed by atoms with Gasteiger partial charge in [-0.3, -0.25) is 9.59 Å². The first-order chi connectivity index (χ1) is 5.56. The van der Waals surface area contributed by atoms with Crippen LogP contribution in [0.1, 0.15) is 20.3 Å². The molecule has 1 unspecified atom stereocenters. The van der Waals surface area contributed by atoms with E-state index in [0.29, 0.717) is 0 Å². The molecule has 70 valence electrons. The number of carbonyl (C=O) groups excluding carboxylic acids is 2. The van der Waals surface area contributed by atoms with Crippen LogP contribution in [0.25, 0.3) is 0 Å². The molecular weight excluding hydrogens is 167 g/mol. The van der Waals surface area contributed by atoms with Gasteiger partial charge in [-0.15, -0.1) is 0 Å². The minimum atomic E-state index is -1.86. The molecule has 4 nitrogen and oxygen atoms in total. The van der Waals surface area contributed by atoms with E-state index in [4.69, 9.17) is 0 Å². The molecule has 0 rings (SSSR count). The van der Waals surface area contributed by atoms with Gasteiger partial charge in [0.1, 0.15) is 0 Å². The zero-order chi connectivity index (χ0) is 9.56. The second kappa shape index (κ2) is 5.51. The summed E-state index contributed by atoms with van der Waals surface area (Å²) in [7, 11) is 0. The first-order valence-electron chi connectivity index (χ1n) is 3.53. The molecule has 0 aliphatic heterocycles. The summed E-state index contributed by atoms with van der Waals surface area (Å²) in [5.41, 5.74) is 0. The minimum absolute atomic E-state index is 0.173. The van der Waals surface area contributed by atoms with Gasteiger partial charge in [0.05, 0.1) is 0 Å². The Bertz CT molecular complexity index is 169. The lowest BCUT2D eigenvalue weighted by atomic mass is 10.5. The lowest BCUT2D eigenvalue weighted by Gasteiger charge is -2.07. The van der Waals surface area contributed by atoms with Gasteiger partial charge in [-0.1, -0.05) is 6.92 Å². The Labute approximate surface area is 69.6 Å². The van der Waals surface area contributed by atoms with Crippen molar-refractivity contribution in [2.24, 2.45) is 0 Å². The highest BCUT2D eigenvalue weighted by atomic mass is 19.1. The Kier molecular flexibility index (Phi) is 4.99. The van der Waals surface area contributed by atoms with Crippen LogP contribution in [0.3, 0.4) is 0 Å². The summed E-state index contributed by atoms with van der Waals surface area (Å²) in [6.07, 6.45) is -1.69. The molecule has 0 spiro atoms.